The number of piperidine rings is 1. The number of likely N-dealkylation sites (tertiary alicyclic amines) is 1. The second kappa shape index (κ2) is 8.08. The highest BCUT2D eigenvalue weighted by atomic mass is 15.2. The van der Waals surface area contributed by atoms with Crippen LogP contribution >= 0.6 is 0 Å². The lowest BCUT2D eigenvalue weighted by Gasteiger charge is -2.34. The minimum atomic E-state index is 0.702. The number of unbranched alkanes of at least 4 members (excludes halogenated alkanes) is 2. The first-order valence-electron chi connectivity index (χ1n) is 7.24. The van der Waals surface area contributed by atoms with E-state index in [1.54, 1.807) is 0 Å². The molecule has 1 N–H and O–H groups in total. The van der Waals surface area contributed by atoms with E-state index in [1.165, 1.54) is 58.2 Å². The number of likely N-dealkylation sites (N-methyl/N-ethyl adjacent to an activating group) is 1. The molecule has 16 heavy (non-hydrogen) atoms. The summed E-state index contributed by atoms with van der Waals surface area (Å²) >= 11 is 0. The molecule has 1 aliphatic rings. The summed E-state index contributed by atoms with van der Waals surface area (Å²) in [6, 6.07) is 1.44. The fraction of sp³-hybridized carbons (Fsp3) is 1.00. The van der Waals surface area contributed by atoms with Crippen LogP contribution in [0.5, 0.6) is 0 Å². The van der Waals surface area contributed by atoms with Crippen molar-refractivity contribution in [3.63, 3.8) is 0 Å². The maximum Gasteiger partial charge on any atom is 0.0197 e. The Hall–Kier alpha value is -0.0800. The molecule has 0 aliphatic carbocycles. The molecule has 0 saturated carbocycles. The van der Waals surface area contributed by atoms with E-state index in [0.29, 0.717) is 6.04 Å². The third kappa shape index (κ3) is 5.31. The standard InChI is InChI=1S/C14H30N2/c1-4-6-7-9-13(3)15-14-10-8-11-16(5-2)12-14/h13-15H,4-12H2,1-3H3. The van der Waals surface area contributed by atoms with Gasteiger partial charge in [0.25, 0.3) is 0 Å². The van der Waals surface area contributed by atoms with Gasteiger partial charge in [0, 0.05) is 18.6 Å². The lowest BCUT2D eigenvalue weighted by molar-refractivity contribution is 0.190. The van der Waals surface area contributed by atoms with Crippen molar-refractivity contribution in [2.75, 3.05) is 19.6 Å². The van der Waals surface area contributed by atoms with Gasteiger partial charge in [-0.25, -0.2) is 0 Å². The lowest BCUT2D eigenvalue weighted by Crippen LogP contribution is -2.48. The van der Waals surface area contributed by atoms with Crippen molar-refractivity contribution < 1.29 is 0 Å². The fourth-order valence-corrected chi connectivity index (χ4v) is 2.67. The summed E-state index contributed by atoms with van der Waals surface area (Å²) in [4.78, 5) is 2.57. The Morgan fingerprint density at radius 3 is 2.81 bits per heavy atom. The van der Waals surface area contributed by atoms with E-state index < -0.39 is 0 Å². The van der Waals surface area contributed by atoms with Crippen LogP contribution in [-0.2, 0) is 0 Å². The van der Waals surface area contributed by atoms with E-state index in [2.05, 4.69) is 31.0 Å². The molecule has 1 fully saturated rings. The minimum Gasteiger partial charge on any atom is -0.310 e. The van der Waals surface area contributed by atoms with Crippen LogP contribution in [0, 0.1) is 0 Å². The van der Waals surface area contributed by atoms with Crippen molar-refractivity contribution in [1.29, 1.82) is 0 Å². The number of nitrogens with one attached hydrogen (secondary N) is 1. The Morgan fingerprint density at radius 2 is 2.12 bits per heavy atom. The predicted molar refractivity (Wildman–Crippen MR) is 71.9 cm³/mol. The monoisotopic (exact) mass is 226 g/mol. The van der Waals surface area contributed by atoms with Gasteiger partial charge in [-0.05, 0) is 39.3 Å². The van der Waals surface area contributed by atoms with E-state index >= 15 is 0 Å². The Bertz CT molecular complexity index is 170. The molecule has 2 heteroatoms. The molecule has 1 aliphatic heterocycles. The summed E-state index contributed by atoms with van der Waals surface area (Å²) in [6.07, 6.45) is 8.19. The van der Waals surface area contributed by atoms with Crippen LogP contribution in [0.2, 0.25) is 0 Å². The highest BCUT2D eigenvalue weighted by Gasteiger charge is 2.19. The molecule has 0 aromatic heterocycles. The molecule has 96 valence electrons. The molecule has 2 nitrogen and oxygen atoms in total. The normalized spacial score (nSPS) is 24.6. The summed E-state index contributed by atoms with van der Waals surface area (Å²) in [5.74, 6) is 0. The van der Waals surface area contributed by atoms with E-state index in [4.69, 9.17) is 0 Å². The summed E-state index contributed by atoms with van der Waals surface area (Å²) in [7, 11) is 0. The first-order valence-corrected chi connectivity index (χ1v) is 7.24. The molecular formula is C14H30N2. The van der Waals surface area contributed by atoms with Gasteiger partial charge in [0.1, 0.15) is 0 Å². The molecule has 0 spiro atoms. The SMILES string of the molecule is CCCCCC(C)NC1CCCN(CC)C1. The second-order valence-electron chi connectivity index (χ2n) is 5.30. The summed E-state index contributed by atoms with van der Waals surface area (Å²) in [5, 5.41) is 3.80. The number of hydrogen-bond acceptors (Lipinski definition) is 2. The summed E-state index contributed by atoms with van der Waals surface area (Å²) in [6.45, 7) is 10.7. The van der Waals surface area contributed by atoms with Gasteiger partial charge in [-0.3, -0.25) is 0 Å². The molecular weight excluding hydrogens is 196 g/mol. The van der Waals surface area contributed by atoms with Crippen LogP contribution < -0.4 is 5.32 Å². The lowest BCUT2D eigenvalue weighted by atomic mass is 10.0. The predicted octanol–water partition coefficient (Wildman–Crippen LogP) is 3.03. The molecule has 0 radical (unpaired) electrons. The summed E-state index contributed by atoms with van der Waals surface area (Å²) < 4.78 is 0. The van der Waals surface area contributed by atoms with Gasteiger partial charge in [-0.2, -0.15) is 0 Å². The van der Waals surface area contributed by atoms with Crippen LogP contribution in [-0.4, -0.2) is 36.6 Å². The van der Waals surface area contributed by atoms with Crippen LogP contribution in [0.25, 0.3) is 0 Å². The zero-order chi connectivity index (χ0) is 11.8. The van der Waals surface area contributed by atoms with Gasteiger partial charge >= 0.3 is 0 Å². The third-order valence-corrected chi connectivity index (χ3v) is 3.71. The van der Waals surface area contributed by atoms with Crippen LogP contribution in [0.15, 0.2) is 0 Å². The van der Waals surface area contributed by atoms with E-state index in [-0.39, 0.29) is 0 Å². The second-order valence-corrected chi connectivity index (χ2v) is 5.30. The first kappa shape index (κ1) is 14.0. The molecule has 0 bridgehead atoms. The molecule has 1 saturated heterocycles. The van der Waals surface area contributed by atoms with Crippen molar-refractivity contribution in [2.45, 2.75) is 71.4 Å². The Kier molecular flexibility index (Phi) is 7.06. The average Bonchev–Trinajstić information content (AvgIpc) is 2.29. The number of rotatable bonds is 7. The molecule has 0 aromatic rings. The Morgan fingerprint density at radius 1 is 1.31 bits per heavy atom. The molecule has 0 amide bonds. The van der Waals surface area contributed by atoms with E-state index in [1.807, 2.05) is 0 Å². The Labute approximate surface area is 102 Å². The number of nitrogens with zero attached hydrogens (tertiary/aromatic N) is 1. The molecule has 2 atom stereocenters. The van der Waals surface area contributed by atoms with Crippen molar-refractivity contribution >= 4 is 0 Å². The fourth-order valence-electron chi connectivity index (χ4n) is 2.67. The first-order chi connectivity index (χ1) is 7.76. The molecule has 0 aromatic carbocycles. The van der Waals surface area contributed by atoms with Gasteiger partial charge < -0.3 is 10.2 Å². The largest absolute Gasteiger partial charge is 0.310 e. The number of hydrogen-bond donors (Lipinski definition) is 1. The molecule has 2 unspecified atom stereocenters. The van der Waals surface area contributed by atoms with Crippen LogP contribution in [0.1, 0.15) is 59.3 Å². The van der Waals surface area contributed by atoms with Crippen molar-refractivity contribution in [3.8, 4) is 0 Å². The minimum absolute atomic E-state index is 0.702. The van der Waals surface area contributed by atoms with Crippen LogP contribution in [0.4, 0.5) is 0 Å². The van der Waals surface area contributed by atoms with E-state index in [0.717, 1.165) is 6.04 Å². The quantitative estimate of drug-likeness (QED) is 0.671. The Balaban J connectivity index is 2.14. The zero-order valence-corrected chi connectivity index (χ0v) is 11.5. The smallest absolute Gasteiger partial charge is 0.0197 e. The van der Waals surface area contributed by atoms with Crippen molar-refractivity contribution in [1.82, 2.24) is 10.2 Å². The molecule has 1 rings (SSSR count). The van der Waals surface area contributed by atoms with Gasteiger partial charge in [0.2, 0.25) is 0 Å². The van der Waals surface area contributed by atoms with Gasteiger partial charge in [-0.1, -0.05) is 33.1 Å². The topological polar surface area (TPSA) is 15.3 Å². The van der Waals surface area contributed by atoms with Crippen molar-refractivity contribution in [2.24, 2.45) is 0 Å². The van der Waals surface area contributed by atoms with Gasteiger partial charge in [0.05, 0.1) is 0 Å². The maximum atomic E-state index is 3.80. The third-order valence-electron chi connectivity index (χ3n) is 3.71. The summed E-state index contributed by atoms with van der Waals surface area (Å²) in [5.41, 5.74) is 0. The van der Waals surface area contributed by atoms with Gasteiger partial charge in [-0.15, -0.1) is 0 Å². The molecule has 1 heterocycles. The zero-order valence-electron chi connectivity index (χ0n) is 11.5. The van der Waals surface area contributed by atoms with Gasteiger partial charge in [0.15, 0.2) is 0 Å². The van der Waals surface area contributed by atoms with Crippen molar-refractivity contribution in [3.05, 3.63) is 0 Å². The maximum absolute atomic E-state index is 3.80. The average molecular weight is 226 g/mol. The van der Waals surface area contributed by atoms with E-state index in [9.17, 15) is 0 Å². The van der Waals surface area contributed by atoms with Crippen LogP contribution in [0.3, 0.4) is 0 Å². The highest BCUT2D eigenvalue weighted by Crippen LogP contribution is 2.11. The highest BCUT2D eigenvalue weighted by molar-refractivity contribution is 4.79.